The number of carboxylic acid groups (broad SMARTS) is 1. The van der Waals surface area contributed by atoms with Crippen molar-refractivity contribution in [3.05, 3.63) is 35.4 Å². The SMILES string of the molecule is CC(NCCc1cc(F)cc(F)c1)C(C)C(=O)O. The van der Waals surface area contributed by atoms with Crippen LogP contribution in [0.15, 0.2) is 18.2 Å². The van der Waals surface area contributed by atoms with Gasteiger partial charge >= 0.3 is 5.97 Å². The van der Waals surface area contributed by atoms with Crippen LogP contribution in [-0.2, 0) is 11.2 Å². The van der Waals surface area contributed by atoms with E-state index in [0.29, 0.717) is 18.5 Å². The monoisotopic (exact) mass is 257 g/mol. The lowest BCUT2D eigenvalue weighted by molar-refractivity contribution is -0.141. The molecule has 100 valence electrons. The topological polar surface area (TPSA) is 49.3 Å². The normalized spacial score (nSPS) is 14.2. The molecule has 0 bridgehead atoms. The van der Waals surface area contributed by atoms with E-state index >= 15 is 0 Å². The molecule has 0 heterocycles. The molecule has 2 atom stereocenters. The van der Waals surface area contributed by atoms with Gasteiger partial charge in [-0.25, -0.2) is 8.78 Å². The number of hydrogen-bond acceptors (Lipinski definition) is 2. The molecule has 0 saturated carbocycles. The van der Waals surface area contributed by atoms with Gasteiger partial charge in [0.05, 0.1) is 5.92 Å². The highest BCUT2D eigenvalue weighted by molar-refractivity contribution is 5.70. The van der Waals surface area contributed by atoms with Gasteiger partial charge in [-0.05, 0) is 37.6 Å². The van der Waals surface area contributed by atoms with Crippen LogP contribution in [0.5, 0.6) is 0 Å². The molecule has 3 nitrogen and oxygen atoms in total. The Bertz CT molecular complexity index is 403. The van der Waals surface area contributed by atoms with Crippen molar-refractivity contribution in [3.8, 4) is 0 Å². The van der Waals surface area contributed by atoms with E-state index in [4.69, 9.17) is 5.11 Å². The van der Waals surface area contributed by atoms with Crippen LogP contribution >= 0.6 is 0 Å². The largest absolute Gasteiger partial charge is 0.481 e. The lowest BCUT2D eigenvalue weighted by Crippen LogP contribution is -2.37. The average molecular weight is 257 g/mol. The minimum Gasteiger partial charge on any atom is -0.481 e. The summed E-state index contributed by atoms with van der Waals surface area (Å²) in [5.74, 6) is -2.57. The molecule has 1 aromatic rings. The number of halogens is 2. The molecular formula is C13H17F2NO2. The first-order chi connectivity index (χ1) is 8.40. The van der Waals surface area contributed by atoms with E-state index in [2.05, 4.69) is 5.32 Å². The molecule has 5 heteroatoms. The van der Waals surface area contributed by atoms with E-state index in [1.165, 1.54) is 12.1 Å². The standard InChI is InChI=1S/C13H17F2NO2/c1-8(13(17)18)9(2)16-4-3-10-5-11(14)7-12(15)6-10/h5-9,16H,3-4H2,1-2H3,(H,17,18). The van der Waals surface area contributed by atoms with Crippen LogP contribution in [0.25, 0.3) is 0 Å². The van der Waals surface area contributed by atoms with Crippen molar-refractivity contribution in [1.82, 2.24) is 5.32 Å². The lowest BCUT2D eigenvalue weighted by Gasteiger charge is -2.17. The van der Waals surface area contributed by atoms with Gasteiger partial charge in [-0.15, -0.1) is 0 Å². The average Bonchev–Trinajstić information content (AvgIpc) is 2.26. The maximum Gasteiger partial charge on any atom is 0.307 e. The number of carboxylic acids is 1. The maximum absolute atomic E-state index is 12.9. The molecule has 0 aromatic heterocycles. The van der Waals surface area contributed by atoms with E-state index < -0.39 is 23.5 Å². The van der Waals surface area contributed by atoms with Crippen LogP contribution in [-0.4, -0.2) is 23.7 Å². The second kappa shape index (κ2) is 6.44. The Kier molecular flexibility index (Phi) is 5.22. The zero-order valence-electron chi connectivity index (χ0n) is 10.4. The number of aliphatic carboxylic acids is 1. The van der Waals surface area contributed by atoms with Gasteiger partial charge in [0.15, 0.2) is 0 Å². The minimum absolute atomic E-state index is 0.194. The smallest absolute Gasteiger partial charge is 0.307 e. The Labute approximate surface area is 105 Å². The number of rotatable bonds is 6. The van der Waals surface area contributed by atoms with Gasteiger partial charge in [0.25, 0.3) is 0 Å². The van der Waals surface area contributed by atoms with E-state index in [1.54, 1.807) is 13.8 Å². The quantitative estimate of drug-likeness (QED) is 0.821. The van der Waals surface area contributed by atoms with Gasteiger partial charge in [-0.3, -0.25) is 4.79 Å². The van der Waals surface area contributed by atoms with E-state index in [-0.39, 0.29) is 6.04 Å². The van der Waals surface area contributed by atoms with Gasteiger partial charge in [-0.1, -0.05) is 6.92 Å². The Hall–Kier alpha value is -1.49. The fourth-order valence-electron chi connectivity index (χ4n) is 1.59. The number of nitrogens with one attached hydrogen (secondary N) is 1. The summed E-state index contributed by atoms with van der Waals surface area (Å²) in [7, 11) is 0. The van der Waals surface area contributed by atoms with Gasteiger partial charge in [0.1, 0.15) is 11.6 Å². The van der Waals surface area contributed by atoms with Gasteiger partial charge < -0.3 is 10.4 Å². The maximum atomic E-state index is 12.9. The van der Waals surface area contributed by atoms with Crippen molar-refractivity contribution < 1.29 is 18.7 Å². The Morgan fingerprint density at radius 2 is 1.83 bits per heavy atom. The predicted molar refractivity (Wildman–Crippen MR) is 64.3 cm³/mol. The molecule has 0 spiro atoms. The zero-order valence-corrected chi connectivity index (χ0v) is 10.4. The third kappa shape index (κ3) is 4.41. The second-order valence-corrected chi connectivity index (χ2v) is 4.40. The summed E-state index contributed by atoms with van der Waals surface area (Å²) in [4.78, 5) is 10.7. The number of hydrogen-bond donors (Lipinski definition) is 2. The first kappa shape index (κ1) is 14.6. The first-order valence-corrected chi connectivity index (χ1v) is 5.81. The molecule has 18 heavy (non-hydrogen) atoms. The molecule has 0 amide bonds. The summed E-state index contributed by atoms with van der Waals surface area (Å²) < 4.78 is 25.8. The summed E-state index contributed by atoms with van der Waals surface area (Å²) in [6.45, 7) is 3.86. The van der Waals surface area contributed by atoms with Crippen LogP contribution < -0.4 is 5.32 Å². The summed E-state index contributed by atoms with van der Waals surface area (Å²) >= 11 is 0. The van der Waals surface area contributed by atoms with Crippen molar-refractivity contribution in [1.29, 1.82) is 0 Å². The van der Waals surface area contributed by atoms with Crippen LogP contribution in [0.1, 0.15) is 19.4 Å². The molecule has 0 radical (unpaired) electrons. The van der Waals surface area contributed by atoms with Crippen molar-refractivity contribution in [2.45, 2.75) is 26.3 Å². The fourth-order valence-corrected chi connectivity index (χ4v) is 1.59. The summed E-state index contributed by atoms with van der Waals surface area (Å²) in [5.41, 5.74) is 0.551. The van der Waals surface area contributed by atoms with E-state index in [0.717, 1.165) is 6.07 Å². The second-order valence-electron chi connectivity index (χ2n) is 4.40. The van der Waals surface area contributed by atoms with Crippen LogP contribution in [0.3, 0.4) is 0 Å². The molecular weight excluding hydrogens is 240 g/mol. The molecule has 2 N–H and O–H groups in total. The molecule has 2 unspecified atom stereocenters. The van der Waals surface area contributed by atoms with Crippen molar-refractivity contribution in [3.63, 3.8) is 0 Å². The number of carbonyl (C=O) groups is 1. The number of benzene rings is 1. The molecule has 0 aliphatic heterocycles. The molecule has 1 aromatic carbocycles. The fraction of sp³-hybridized carbons (Fsp3) is 0.462. The highest BCUT2D eigenvalue weighted by Gasteiger charge is 2.18. The third-order valence-corrected chi connectivity index (χ3v) is 2.94. The van der Waals surface area contributed by atoms with Gasteiger partial charge in [-0.2, -0.15) is 0 Å². The summed E-state index contributed by atoms with van der Waals surface area (Å²) in [6, 6.07) is 3.18. The van der Waals surface area contributed by atoms with Crippen molar-refractivity contribution in [2.75, 3.05) is 6.54 Å². The van der Waals surface area contributed by atoms with Crippen LogP contribution in [0.2, 0.25) is 0 Å². The van der Waals surface area contributed by atoms with Crippen LogP contribution in [0.4, 0.5) is 8.78 Å². The summed E-state index contributed by atoms with van der Waals surface area (Å²) in [5, 5.41) is 11.8. The Morgan fingerprint density at radius 3 is 2.33 bits per heavy atom. The Balaban J connectivity index is 2.44. The first-order valence-electron chi connectivity index (χ1n) is 5.81. The third-order valence-electron chi connectivity index (χ3n) is 2.94. The lowest BCUT2D eigenvalue weighted by atomic mass is 10.0. The van der Waals surface area contributed by atoms with Crippen LogP contribution in [0, 0.1) is 17.6 Å². The van der Waals surface area contributed by atoms with E-state index in [9.17, 15) is 13.6 Å². The van der Waals surface area contributed by atoms with Crippen molar-refractivity contribution >= 4 is 5.97 Å². The molecule has 0 saturated heterocycles. The molecule has 0 aliphatic rings. The van der Waals surface area contributed by atoms with Gasteiger partial charge in [0.2, 0.25) is 0 Å². The molecule has 0 fully saturated rings. The predicted octanol–water partition coefficient (Wildman–Crippen LogP) is 2.21. The van der Waals surface area contributed by atoms with Gasteiger partial charge in [0, 0.05) is 12.1 Å². The van der Waals surface area contributed by atoms with E-state index in [1.807, 2.05) is 0 Å². The Morgan fingerprint density at radius 1 is 1.28 bits per heavy atom. The highest BCUT2D eigenvalue weighted by atomic mass is 19.1. The minimum atomic E-state index is -0.869. The molecule has 0 aliphatic carbocycles. The van der Waals surface area contributed by atoms with Crippen molar-refractivity contribution in [2.24, 2.45) is 5.92 Å². The highest BCUT2D eigenvalue weighted by Crippen LogP contribution is 2.08. The zero-order chi connectivity index (χ0) is 13.7. The molecule has 1 rings (SSSR count). The summed E-state index contributed by atoms with van der Waals surface area (Å²) in [6.07, 6.45) is 0.450.